The number of quaternary nitrogens is 1. The van der Waals surface area contributed by atoms with Crippen molar-refractivity contribution in [1.82, 2.24) is 4.31 Å². The first-order valence-electron chi connectivity index (χ1n) is 8.21. The normalized spacial score (nSPS) is 16.9. The zero-order valence-corrected chi connectivity index (χ0v) is 15.6. The van der Waals surface area contributed by atoms with Crippen LogP contribution in [0, 0.1) is 12.7 Å². The Hall–Kier alpha value is -1.47. The summed E-state index contributed by atoms with van der Waals surface area (Å²) >= 11 is 6.08. The zero-order valence-electron chi connectivity index (χ0n) is 14.0. The van der Waals surface area contributed by atoms with Crippen LogP contribution in [0.3, 0.4) is 0 Å². The molecule has 0 spiro atoms. The quantitative estimate of drug-likeness (QED) is 0.875. The number of rotatable bonds is 4. The number of aryl methyl sites for hydroxylation is 1. The molecule has 3 rings (SSSR count). The Bertz CT molecular complexity index is 828. The minimum absolute atomic E-state index is 0.310. The van der Waals surface area contributed by atoms with Crippen LogP contribution in [-0.4, -0.2) is 38.9 Å². The molecule has 0 aliphatic carbocycles. The van der Waals surface area contributed by atoms with Gasteiger partial charge < -0.3 is 4.90 Å². The molecule has 7 heteroatoms. The van der Waals surface area contributed by atoms with E-state index in [-0.39, 0.29) is 5.82 Å². The topological polar surface area (TPSA) is 41.8 Å². The maximum absolute atomic E-state index is 13.9. The third-order valence-electron chi connectivity index (χ3n) is 4.58. The smallest absolute Gasteiger partial charge is 0.243 e. The largest absolute Gasteiger partial charge is 0.329 e. The van der Waals surface area contributed by atoms with Crippen molar-refractivity contribution in [2.45, 2.75) is 18.4 Å². The summed E-state index contributed by atoms with van der Waals surface area (Å²) in [6.07, 6.45) is 0. The number of sulfonamides is 1. The summed E-state index contributed by atoms with van der Waals surface area (Å²) in [5, 5.41) is 0.419. The highest BCUT2D eigenvalue weighted by atomic mass is 35.5. The molecular formula is C18H21ClFN2O2S+. The van der Waals surface area contributed by atoms with Gasteiger partial charge in [0, 0.05) is 0 Å². The Morgan fingerprint density at radius 3 is 2.36 bits per heavy atom. The fourth-order valence-corrected chi connectivity index (χ4v) is 4.70. The Morgan fingerprint density at radius 1 is 1.12 bits per heavy atom. The number of hydrogen-bond donors (Lipinski definition) is 1. The highest BCUT2D eigenvalue weighted by molar-refractivity contribution is 7.89. The van der Waals surface area contributed by atoms with Crippen molar-refractivity contribution in [2.75, 3.05) is 26.2 Å². The van der Waals surface area contributed by atoms with Crippen LogP contribution in [0.2, 0.25) is 5.02 Å². The van der Waals surface area contributed by atoms with E-state index in [9.17, 15) is 12.8 Å². The fourth-order valence-electron chi connectivity index (χ4n) is 3.03. The molecule has 1 aliphatic rings. The van der Waals surface area contributed by atoms with Gasteiger partial charge in [0.2, 0.25) is 10.0 Å². The van der Waals surface area contributed by atoms with Crippen molar-refractivity contribution in [3.05, 3.63) is 64.4 Å². The van der Waals surface area contributed by atoms with Gasteiger partial charge >= 0.3 is 0 Å². The van der Waals surface area contributed by atoms with Gasteiger partial charge in [-0.15, -0.1) is 0 Å². The second kappa shape index (κ2) is 7.41. The number of hydrogen-bond acceptors (Lipinski definition) is 2. The van der Waals surface area contributed by atoms with Gasteiger partial charge in [-0.1, -0.05) is 35.4 Å². The molecule has 0 atom stereocenters. The van der Waals surface area contributed by atoms with Crippen LogP contribution in [0.15, 0.2) is 47.4 Å². The summed E-state index contributed by atoms with van der Waals surface area (Å²) in [7, 11) is -3.47. The molecule has 1 saturated heterocycles. The van der Waals surface area contributed by atoms with E-state index in [1.807, 2.05) is 6.92 Å². The minimum atomic E-state index is -3.47. The monoisotopic (exact) mass is 383 g/mol. The van der Waals surface area contributed by atoms with E-state index < -0.39 is 10.0 Å². The molecule has 4 nitrogen and oxygen atoms in total. The lowest BCUT2D eigenvalue weighted by Gasteiger charge is -2.31. The average molecular weight is 384 g/mol. The van der Waals surface area contributed by atoms with Crippen LogP contribution in [0.25, 0.3) is 0 Å². The molecule has 1 fully saturated rings. The molecule has 1 heterocycles. The summed E-state index contributed by atoms with van der Waals surface area (Å²) in [4.78, 5) is 1.45. The molecule has 2 aromatic rings. The maximum atomic E-state index is 13.9. The number of halogens is 2. The molecule has 0 radical (unpaired) electrons. The highest BCUT2D eigenvalue weighted by Gasteiger charge is 2.30. The van der Waals surface area contributed by atoms with Gasteiger partial charge in [0.25, 0.3) is 0 Å². The van der Waals surface area contributed by atoms with E-state index in [2.05, 4.69) is 0 Å². The summed E-state index contributed by atoms with van der Waals surface area (Å²) < 4.78 is 40.8. The van der Waals surface area contributed by atoms with Crippen molar-refractivity contribution in [1.29, 1.82) is 0 Å². The molecule has 0 bridgehead atoms. The first-order chi connectivity index (χ1) is 11.9. The van der Waals surface area contributed by atoms with Crippen LogP contribution >= 0.6 is 11.6 Å². The molecule has 0 aromatic heterocycles. The molecular weight excluding hydrogens is 363 g/mol. The van der Waals surface area contributed by atoms with Crippen molar-refractivity contribution in [3.63, 3.8) is 0 Å². The molecule has 2 aromatic carbocycles. The molecule has 1 aliphatic heterocycles. The van der Waals surface area contributed by atoms with Gasteiger partial charge in [-0.2, -0.15) is 4.31 Å². The fraction of sp³-hybridized carbons (Fsp3) is 0.333. The van der Waals surface area contributed by atoms with Gasteiger partial charge in [-0.25, -0.2) is 12.8 Å². The van der Waals surface area contributed by atoms with E-state index in [1.165, 1.54) is 10.4 Å². The van der Waals surface area contributed by atoms with Crippen molar-refractivity contribution in [2.24, 2.45) is 0 Å². The van der Waals surface area contributed by atoms with Gasteiger partial charge in [0.1, 0.15) is 12.4 Å². The number of benzene rings is 2. The predicted molar refractivity (Wildman–Crippen MR) is 95.7 cm³/mol. The van der Waals surface area contributed by atoms with E-state index in [0.29, 0.717) is 48.2 Å². The minimum Gasteiger partial charge on any atom is -0.329 e. The summed E-state index contributed by atoms with van der Waals surface area (Å²) in [5.74, 6) is -0.310. The number of nitrogens with one attached hydrogen (secondary N) is 1. The lowest BCUT2D eigenvalue weighted by molar-refractivity contribution is -0.917. The molecule has 134 valence electrons. The van der Waals surface area contributed by atoms with Gasteiger partial charge in [-0.05, 0) is 31.2 Å². The Balaban J connectivity index is 1.66. The van der Waals surface area contributed by atoms with Gasteiger partial charge in [-0.3, -0.25) is 0 Å². The van der Waals surface area contributed by atoms with Crippen molar-refractivity contribution >= 4 is 21.6 Å². The zero-order chi connectivity index (χ0) is 18.0. The molecule has 0 amide bonds. The van der Waals surface area contributed by atoms with Crippen LogP contribution in [0.1, 0.15) is 11.1 Å². The third kappa shape index (κ3) is 4.03. The van der Waals surface area contributed by atoms with Crippen molar-refractivity contribution < 1.29 is 17.7 Å². The first kappa shape index (κ1) is 18.3. The molecule has 0 saturated carbocycles. The van der Waals surface area contributed by atoms with E-state index in [1.54, 1.807) is 36.4 Å². The van der Waals surface area contributed by atoms with E-state index in [0.717, 1.165) is 10.5 Å². The Labute approximate surface area is 152 Å². The third-order valence-corrected chi connectivity index (χ3v) is 6.84. The van der Waals surface area contributed by atoms with E-state index in [4.69, 9.17) is 11.6 Å². The summed E-state index contributed by atoms with van der Waals surface area (Å²) in [5.41, 5.74) is 1.52. The molecule has 0 unspecified atom stereocenters. The van der Waals surface area contributed by atoms with Crippen LogP contribution in [0.4, 0.5) is 4.39 Å². The van der Waals surface area contributed by atoms with Crippen molar-refractivity contribution in [3.8, 4) is 0 Å². The summed E-state index contributed by atoms with van der Waals surface area (Å²) in [6.45, 7) is 4.46. The first-order valence-corrected chi connectivity index (χ1v) is 10.0. The molecule has 1 N–H and O–H groups in total. The van der Waals surface area contributed by atoms with Crippen LogP contribution in [-0.2, 0) is 16.6 Å². The lowest BCUT2D eigenvalue weighted by atomic mass is 10.2. The lowest BCUT2D eigenvalue weighted by Crippen LogP contribution is -3.13. The van der Waals surface area contributed by atoms with Gasteiger partial charge in [0.15, 0.2) is 0 Å². The standard InChI is InChI=1S/C18H20ClFN2O2S/c1-14-5-7-15(8-6-14)25(23,24)22-11-9-21(10-12-22)13-16-17(19)3-2-4-18(16)20/h2-8H,9-13H2,1H3/p+1. The number of piperazine rings is 1. The molecule has 25 heavy (non-hydrogen) atoms. The SMILES string of the molecule is Cc1ccc(S(=O)(=O)N2CC[NH+](Cc3c(F)cccc3Cl)CC2)cc1. The average Bonchev–Trinajstić information content (AvgIpc) is 2.59. The van der Waals surface area contributed by atoms with Crippen LogP contribution in [0.5, 0.6) is 0 Å². The Morgan fingerprint density at radius 2 is 1.76 bits per heavy atom. The Kier molecular flexibility index (Phi) is 5.43. The summed E-state index contributed by atoms with van der Waals surface area (Å²) in [6, 6.07) is 11.5. The number of nitrogens with zero attached hydrogens (tertiary/aromatic N) is 1. The highest BCUT2D eigenvalue weighted by Crippen LogP contribution is 2.19. The maximum Gasteiger partial charge on any atom is 0.243 e. The van der Waals surface area contributed by atoms with Crippen LogP contribution < -0.4 is 4.90 Å². The second-order valence-corrected chi connectivity index (χ2v) is 8.69. The van der Waals surface area contributed by atoms with E-state index >= 15 is 0 Å². The predicted octanol–water partition coefficient (Wildman–Crippen LogP) is 1.88. The second-order valence-electron chi connectivity index (χ2n) is 6.34. The van der Waals surface area contributed by atoms with Gasteiger partial charge in [0.05, 0.1) is 41.7 Å².